The molecule has 2 heterocycles. The standard InChI is InChI=1S/C30H26F2N6O/c1-30(2,32)26(23-10-19(15-34)11-25(31)13-23)24-16-38(17-24)27(20-8-6-18(14-33)7-9-20)21-4-3-5-22(12-21)28-36-37-29(35)39-28/h3-13,24,26-27H,16-17H2,1-2H3,(H2,35,37)/t26?,27-/m0/s1. The smallest absolute Gasteiger partial charge is 0.313 e. The van der Waals surface area contributed by atoms with Crippen molar-refractivity contribution in [3.05, 3.63) is 100 Å². The van der Waals surface area contributed by atoms with Gasteiger partial charge in [0.1, 0.15) is 11.5 Å². The van der Waals surface area contributed by atoms with E-state index in [0.29, 0.717) is 35.7 Å². The topological polar surface area (TPSA) is 116 Å². The Labute approximate surface area is 225 Å². The number of nitriles is 2. The van der Waals surface area contributed by atoms with E-state index in [-0.39, 0.29) is 23.5 Å². The molecule has 0 spiro atoms. The van der Waals surface area contributed by atoms with Crippen LogP contribution in [0.4, 0.5) is 14.8 Å². The van der Waals surface area contributed by atoms with Crippen LogP contribution in [0.5, 0.6) is 0 Å². The predicted molar refractivity (Wildman–Crippen MR) is 141 cm³/mol. The van der Waals surface area contributed by atoms with Crippen molar-refractivity contribution >= 4 is 6.01 Å². The molecule has 0 aliphatic carbocycles. The lowest BCUT2D eigenvalue weighted by Gasteiger charge is -2.50. The molecule has 1 fully saturated rings. The van der Waals surface area contributed by atoms with E-state index in [1.807, 2.05) is 42.5 Å². The maximum absolute atomic E-state index is 15.6. The summed E-state index contributed by atoms with van der Waals surface area (Å²) in [5.41, 5.74) is 7.79. The summed E-state index contributed by atoms with van der Waals surface area (Å²) < 4.78 is 35.3. The van der Waals surface area contributed by atoms with E-state index in [4.69, 9.17) is 10.2 Å². The number of anilines is 1. The first kappa shape index (κ1) is 26.0. The number of hydrogen-bond acceptors (Lipinski definition) is 7. The number of nitrogens with zero attached hydrogens (tertiary/aromatic N) is 5. The van der Waals surface area contributed by atoms with Crippen molar-refractivity contribution in [2.24, 2.45) is 5.92 Å². The van der Waals surface area contributed by atoms with E-state index in [1.54, 1.807) is 18.2 Å². The summed E-state index contributed by atoms with van der Waals surface area (Å²) in [5, 5.41) is 26.3. The summed E-state index contributed by atoms with van der Waals surface area (Å²) in [7, 11) is 0. The molecule has 1 unspecified atom stereocenters. The number of rotatable bonds is 7. The van der Waals surface area contributed by atoms with Gasteiger partial charge in [0.05, 0.1) is 29.3 Å². The number of alkyl halides is 1. The second-order valence-electron chi connectivity index (χ2n) is 10.3. The molecule has 0 radical (unpaired) electrons. The van der Waals surface area contributed by atoms with Gasteiger partial charge in [-0.3, -0.25) is 4.90 Å². The number of hydrogen-bond donors (Lipinski definition) is 1. The summed E-state index contributed by atoms with van der Waals surface area (Å²) in [6, 6.07) is 23.0. The summed E-state index contributed by atoms with van der Waals surface area (Å²) in [4.78, 5) is 2.22. The average Bonchev–Trinajstić information content (AvgIpc) is 3.33. The lowest BCUT2D eigenvalue weighted by atomic mass is 9.72. The molecule has 7 nitrogen and oxygen atoms in total. The molecule has 2 N–H and O–H groups in total. The van der Waals surface area contributed by atoms with E-state index in [2.05, 4.69) is 21.2 Å². The maximum atomic E-state index is 15.6. The van der Waals surface area contributed by atoms with Crippen molar-refractivity contribution in [3.8, 4) is 23.6 Å². The number of halogens is 2. The zero-order valence-electron chi connectivity index (χ0n) is 21.5. The van der Waals surface area contributed by atoms with E-state index in [9.17, 15) is 14.9 Å². The number of benzene rings is 3. The van der Waals surface area contributed by atoms with Gasteiger partial charge in [0.15, 0.2) is 0 Å². The van der Waals surface area contributed by atoms with Crippen molar-refractivity contribution in [1.29, 1.82) is 10.5 Å². The molecule has 5 rings (SSSR count). The van der Waals surface area contributed by atoms with Gasteiger partial charge in [-0.2, -0.15) is 10.5 Å². The molecule has 0 amide bonds. The first-order valence-corrected chi connectivity index (χ1v) is 12.5. The third kappa shape index (κ3) is 5.36. The van der Waals surface area contributed by atoms with Crippen molar-refractivity contribution in [3.63, 3.8) is 0 Å². The van der Waals surface area contributed by atoms with Crippen LogP contribution in [0, 0.1) is 34.4 Å². The van der Waals surface area contributed by atoms with Crippen LogP contribution < -0.4 is 5.73 Å². The van der Waals surface area contributed by atoms with Gasteiger partial charge < -0.3 is 10.2 Å². The Hall–Kier alpha value is -4.60. The molecule has 196 valence electrons. The van der Waals surface area contributed by atoms with Crippen LogP contribution in [0.2, 0.25) is 0 Å². The Bertz CT molecular complexity index is 1570. The SMILES string of the molecule is CC(C)(F)C(c1cc(F)cc(C#N)c1)C1CN([C@@H](c2ccc(C#N)cc2)c2cccc(-c3nnc(N)o3)c2)C1. The highest BCUT2D eigenvalue weighted by atomic mass is 19.1. The molecule has 1 aromatic heterocycles. The van der Waals surface area contributed by atoms with Crippen molar-refractivity contribution in [2.45, 2.75) is 31.5 Å². The van der Waals surface area contributed by atoms with Crippen LogP contribution >= 0.6 is 0 Å². The Morgan fingerprint density at radius 3 is 2.28 bits per heavy atom. The minimum Gasteiger partial charge on any atom is -0.404 e. The highest BCUT2D eigenvalue weighted by Crippen LogP contribution is 2.46. The van der Waals surface area contributed by atoms with Crippen LogP contribution in [-0.4, -0.2) is 33.9 Å². The Balaban J connectivity index is 1.49. The second-order valence-corrected chi connectivity index (χ2v) is 10.3. The van der Waals surface area contributed by atoms with E-state index in [0.717, 1.165) is 17.2 Å². The van der Waals surface area contributed by atoms with Gasteiger partial charge in [-0.1, -0.05) is 29.4 Å². The van der Waals surface area contributed by atoms with Gasteiger partial charge >= 0.3 is 6.01 Å². The van der Waals surface area contributed by atoms with Crippen LogP contribution in [0.15, 0.2) is 71.1 Å². The normalized spacial score (nSPS) is 15.6. The van der Waals surface area contributed by atoms with Gasteiger partial charge in [0.2, 0.25) is 5.89 Å². The van der Waals surface area contributed by atoms with Crippen LogP contribution in [0.25, 0.3) is 11.5 Å². The molecule has 0 saturated carbocycles. The van der Waals surface area contributed by atoms with Crippen LogP contribution in [0.3, 0.4) is 0 Å². The zero-order chi connectivity index (χ0) is 27.7. The number of nitrogens with two attached hydrogens (primary N) is 1. The predicted octanol–water partition coefficient (Wildman–Crippen LogP) is 5.75. The number of likely N-dealkylation sites (tertiary alicyclic amines) is 1. The summed E-state index contributed by atoms with van der Waals surface area (Å²) in [6.45, 7) is 4.07. The largest absolute Gasteiger partial charge is 0.404 e. The van der Waals surface area contributed by atoms with Crippen molar-refractivity contribution < 1.29 is 13.2 Å². The van der Waals surface area contributed by atoms with Gasteiger partial charge in [-0.05, 0) is 78.9 Å². The fourth-order valence-electron chi connectivity index (χ4n) is 5.60. The van der Waals surface area contributed by atoms with Crippen molar-refractivity contribution in [2.75, 3.05) is 18.8 Å². The fraction of sp³-hybridized carbons (Fsp3) is 0.267. The molecular formula is C30H26F2N6O. The van der Waals surface area contributed by atoms with E-state index < -0.39 is 17.4 Å². The number of nitrogen functional groups attached to an aromatic ring is 1. The Morgan fingerprint density at radius 2 is 1.67 bits per heavy atom. The molecule has 3 aromatic carbocycles. The van der Waals surface area contributed by atoms with Crippen molar-refractivity contribution in [1.82, 2.24) is 15.1 Å². The first-order chi connectivity index (χ1) is 18.7. The first-order valence-electron chi connectivity index (χ1n) is 12.5. The fourth-order valence-corrected chi connectivity index (χ4v) is 5.60. The van der Waals surface area contributed by atoms with Gasteiger partial charge in [-0.25, -0.2) is 8.78 Å². The molecule has 1 aliphatic rings. The minimum absolute atomic E-state index is 0.0265. The molecule has 0 bridgehead atoms. The monoisotopic (exact) mass is 524 g/mol. The van der Waals surface area contributed by atoms with E-state index in [1.165, 1.54) is 19.9 Å². The summed E-state index contributed by atoms with van der Waals surface area (Å²) in [6.07, 6.45) is 0. The third-order valence-corrected chi connectivity index (χ3v) is 7.17. The molecule has 1 aliphatic heterocycles. The minimum atomic E-state index is -1.64. The zero-order valence-corrected chi connectivity index (χ0v) is 21.5. The lowest BCUT2D eigenvalue weighted by molar-refractivity contribution is 0.00813. The van der Waals surface area contributed by atoms with Crippen LogP contribution in [-0.2, 0) is 0 Å². The third-order valence-electron chi connectivity index (χ3n) is 7.17. The van der Waals surface area contributed by atoms with Gasteiger partial charge in [0.25, 0.3) is 0 Å². The van der Waals surface area contributed by atoms with Gasteiger partial charge in [0, 0.05) is 24.6 Å². The number of aromatic nitrogens is 2. The lowest BCUT2D eigenvalue weighted by Crippen LogP contribution is -2.53. The Morgan fingerprint density at radius 1 is 0.949 bits per heavy atom. The quantitative estimate of drug-likeness (QED) is 0.327. The Kier molecular flexibility index (Phi) is 6.86. The molecule has 2 atom stereocenters. The molecule has 9 heteroatoms. The summed E-state index contributed by atoms with van der Waals surface area (Å²) >= 11 is 0. The highest BCUT2D eigenvalue weighted by molar-refractivity contribution is 5.56. The van der Waals surface area contributed by atoms with Gasteiger partial charge in [-0.15, -0.1) is 5.10 Å². The second kappa shape index (κ2) is 10.3. The summed E-state index contributed by atoms with van der Waals surface area (Å²) in [5.74, 6) is -0.972. The molecule has 4 aromatic rings. The highest BCUT2D eigenvalue weighted by Gasteiger charge is 2.45. The van der Waals surface area contributed by atoms with Crippen LogP contribution in [0.1, 0.15) is 53.6 Å². The van der Waals surface area contributed by atoms with E-state index >= 15 is 4.39 Å². The average molecular weight is 525 g/mol. The maximum Gasteiger partial charge on any atom is 0.313 e. The molecular weight excluding hydrogens is 498 g/mol. The molecule has 39 heavy (non-hydrogen) atoms. The molecule has 1 saturated heterocycles.